The van der Waals surface area contributed by atoms with Gasteiger partial charge in [-0.05, 0) is 13.0 Å². The average Bonchev–Trinajstić information content (AvgIpc) is 2.54. The van der Waals surface area contributed by atoms with Gasteiger partial charge < -0.3 is 10.8 Å². The van der Waals surface area contributed by atoms with Crippen molar-refractivity contribution in [1.82, 2.24) is 4.98 Å². The molecule has 1 aromatic heterocycles. The Morgan fingerprint density at radius 2 is 2.46 bits per heavy atom. The van der Waals surface area contributed by atoms with Gasteiger partial charge in [0.15, 0.2) is 0 Å². The summed E-state index contributed by atoms with van der Waals surface area (Å²) >= 11 is 7.01. The van der Waals surface area contributed by atoms with Gasteiger partial charge in [0.2, 0.25) is 0 Å². The minimum atomic E-state index is -0.576. The van der Waals surface area contributed by atoms with Gasteiger partial charge in [0.05, 0.1) is 6.20 Å². The summed E-state index contributed by atoms with van der Waals surface area (Å²) in [7, 11) is 0. The van der Waals surface area contributed by atoms with E-state index in [-0.39, 0.29) is 5.92 Å². The monoisotopic (exact) mass is 220 g/mol. The van der Waals surface area contributed by atoms with E-state index in [4.69, 9.17) is 17.3 Å². The smallest absolute Gasteiger partial charge is 0.123 e. The maximum absolute atomic E-state index is 9.80. The van der Waals surface area contributed by atoms with Crippen molar-refractivity contribution in [3.05, 3.63) is 15.5 Å². The van der Waals surface area contributed by atoms with Gasteiger partial charge in [-0.1, -0.05) is 18.5 Å². The van der Waals surface area contributed by atoms with Gasteiger partial charge in [-0.3, -0.25) is 0 Å². The maximum Gasteiger partial charge on any atom is 0.123 e. The van der Waals surface area contributed by atoms with Crippen LogP contribution in [-0.2, 0) is 0 Å². The Morgan fingerprint density at radius 3 is 2.85 bits per heavy atom. The number of hydrogen-bond donors (Lipinski definition) is 2. The minimum Gasteiger partial charge on any atom is -0.386 e. The first-order valence-electron chi connectivity index (χ1n) is 4.18. The number of aliphatic hydroxyl groups is 1. The van der Waals surface area contributed by atoms with Crippen LogP contribution in [-0.4, -0.2) is 16.6 Å². The normalized spacial score (nSPS) is 15.7. The van der Waals surface area contributed by atoms with E-state index in [1.165, 1.54) is 11.3 Å². The predicted molar refractivity (Wildman–Crippen MR) is 54.9 cm³/mol. The number of nitrogens with zero attached hydrogens (tertiary/aromatic N) is 1. The SMILES string of the molecule is CCC(CN)C(O)c1ncc(Cl)s1. The summed E-state index contributed by atoms with van der Waals surface area (Å²) in [5.74, 6) is 0.0715. The molecule has 3 N–H and O–H groups in total. The summed E-state index contributed by atoms with van der Waals surface area (Å²) in [5, 5.41) is 10.5. The number of aromatic nitrogens is 1. The Morgan fingerprint density at radius 1 is 1.77 bits per heavy atom. The van der Waals surface area contributed by atoms with Crippen LogP contribution in [0.15, 0.2) is 6.20 Å². The van der Waals surface area contributed by atoms with Crippen molar-refractivity contribution in [3.8, 4) is 0 Å². The van der Waals surface area contributed by atoms with E-state index >= 15 is 0 Å². The lowest BCUT2D eigenvalue weighted by Gasteiger charge is -2.17. The van der Waals surface area contributed by atoms with Crippen molar-refractivity contribution in [1.29, 1.82) is 0 Å². The first-order valence-corrected chi connectivity index (χ1v) is 5.37. The van der Waals surface area contributed by atoms with E-state index in [1.54, 1.807) is 6.20 Å². The molecule has 3 nitrogen and oxygen atoms in total. The Hall–Kier alpha value is -0.160. The van der Waals surface area contributed by atoms with Crippen LogP contribution in [0.25, 0.3) is 0 Å². The van der Waals surface area contributed by atoms with E-state index in [1.807, 2.05) is 6.92 Å². The molecule has 0 aliphatic heterocycles. The molecule has 5 heteroatoms. The number of hydrogen-bond acceptors (Lipinski definition) is 4. The molecule has 0 radical (unpaired) electrons. The summed E-state index contributed by atoms with van der Waals surface area (Å²) in [6, 6.07) is 0. The second-order valence-electron chi connectivity index (χ2n) is 2.85. The summed E-state index contributed by atoms with van der Waals surface area (Å²) in [6.07, 6.45) is 1.82. The second kappa shape index (κ2) is 4.91. The standard InChI is InChI=1S/C8H13ClN2OS/c1-2-5(3-10)7(12)8-11-4-6(9)13-8/h4-5,7,12H,2-3,10H2,1H3. The lowest BCUT2D eigenvalue weighted by Crippen LogP contribution is -2.21. The van der Waals surface area contributed by atoms with Crippen LogP contribution < -0.4 is 5.73 Å². The Bertz CT molecular complexity index is 262. The van der Waals surface area contributed by atoms with Crippen LogP contribution in [0.1, 0.15) is 24.5 Å². The van der Waals surface area contributed by atoms with Gasteiger partial charge >= 0.3 is 0 Å². The van der Waals surface area contributed by atoms with Crippen LogP contribution in [0, 0.1) is 5.92 Å². The fourth-order valence-electron chi connectivity index (χ4n) is 1.12. The maximum atomic E-state index is 9.80. The van der Waals surface area contributed by atoms with Crippen LogP contribution in [0.4, 0.5) is 0 Å². The number of aliphatic hydroxyl groups excluding tert-OH is 1. The lowest BCUT2D eigenvalue weighted by atomic mass is 10.0. The van der Waals surface area contributed by atoms with Gasteiger partial charge in [0, 0.05) is 5.92 Å². The molecule has 0 aliphatic rings. The summed E-state index contributed by atoms with van der Waals surface area (Å²) in [4.78, 5) is 4.01. The van der Waals surface area contributed by atoms with E-state index in [0.29, 0.717) is 15.9 Å². The number of halogens is 1. The molecule has 74 valence electrons. The highest BCUT2D eigenvalue weighted by atomic mass is 35.5. The fraction of sp³-hybridized carbons (Fsp3) is 0.625. The van der Waals surface area contributed by atoms with Crippen molar-refractivity contribution in [2.75, 3.05) is 6.54 Å². The number of nitrogens with two attached hydrogens (primary N) is 1. The molecule has 0 saturated heterocycles. The van der Waals surface area contributed by atoms with Crippen molar-refractivity contribution in [2.24, 2.45) is 11.7 Å². The molecule has 0 aliphatic carbocycles. The van der Waals surface area contributed by atoms with Crippen LogP contribution in [0.5, 0.6) is 0 Å². The average molecular weight is 221 g/mol. The van der Waals surface area contributed by atoms with Crippen LogP contribution >= 0.6 is 22.9 Å². The minimum absolute atomic E-state index is 0.0715. The Kier molecular flexibility index (Phi) is 4.12. The van der Waals surface area contributed by atoms with Gasteiger partial charge in [0.1, 0.15) is 15.4 Å². The van der Waals surface area contributed by atoms with Crippen LogP contribution in [0.3, 0.4) is 0 Å². The molecule has 0 spiro atoms. The highest BCUT2D eigenvalue weighted by Crippen LogP contribution is 2.29. The first-order chi connectivity index (χ1) is 6.19. The van der Waals surface area contributed by atoms with Crippen molar-refractivity contribution >= 4 is 22.9 Å². The largest absolute Gasteiger partial charge is 0.386 e. The molecule has 13 heavy (non-hydrogen) atoms. The zero-order valence-corrected chi connectivity index (χ0v) is 8.98. The first kappa shape index (κ1) is 10.9. The molecule has 1 heterocycles. The van der Waals surface area contributed by atoms with Gasteiger partial charge in [0.25, 0.3) is 0 Å². The van der Waals surface area contributed by atoms with Gasteiger partial charge in [-0.15, -0.1) is 11.3 Å². The van der Waals surface area contributed by atoms with E-state index in [0.717, 1.165) is 6.42 Å². The molecular weight excluding hydrogens is 208 g/mol. The Labute approximate surface area is 86.6 Å². The van der Waals surface area contributed by atoms with Crippen molar-refractivity contribution in [3.63, 3.8) is 0 Å². The van der Waals surface area contributed by atoms with E-state index < -0.39 is 6.10 Å². The molecule has 1 rings (SSSR count). The van der Waals surface area contributed by atoms with Crippen LogP contribution in [0.2, 0.25) is 4.34 Å². The third-order valence-corrected chi connectivity index (χ3v) is 3.21. The number of thiazole rings is 1. The summed E-state index contributed by atoms with van der Waals surface area (Å²) in [5.41, 5.74) is 5.51. The van der Waals surface area contributed by atoms with Crippen molar-refractivity contribution in [2.45, 2.75) is 19.4 Å². The van der Waals surface area contributed by atoms with Crippen molar-refractivity contribution < 1.29 is 5.11 Å². The molecule has 2 atom stereocenters. The molecule has 0 amide bonds. The molecule has 0 fully saturated rings. The highest BCUT2D eigenvalue weighted by molar-refractivity contribution is 7.15. The van der Waals surface area contributed by atoms with E-state index in [2.05, 4.69) is 4.98 Å². The quantitative estimate of drug-likeness (QED) is 0.814. The lowest BCUT2D eigenvalue weighted by molar-refractivity contribution is 0.110. The summed E-state index contributed by atoms with van der Waals surface area (Å²) in [6.45, 7) is 2.46. The van der Waals surface area contributed by atoms with E-state index in [9.17, 15) is 5.11 Å². The fourth-order valence-corrected chi connectivity index (χ4v) is 2.13. The topological polar surface area (TPSA) is 59.1 Å². The van der Waals surface area contributed by atoms with Gasteiger partial charge in [-0.25, -0.2) is 4.98 Å². The zero-order valence-electron chi connectivity index (χ0n) is 7.40. The molecule has 0 bridgehead atoms. The second-order valence-corrected chi connectivity index (χ2v) is 4.55. The third-order valence-electron chi connectivity index (χ3n) is 2.02. The molecule has 1 aromatic rings. The molecule has 0 saturated carbocycles. The van der Waals surface area contributed by atoms with Gasteiger partial charge in [-0.2, -0.15) is 0 Å². The predicted octanol–water partition coefficient (Wildman–Crippen LogP) is 1.81. The zero-order chi connectivity index (χ0) is 9.84. The number of rotatable bonds is 4. The molecule has 0 aromatic carbocycles. The Balaban J connectivity index is 2.71. The molecular formula is C8H13ClN2OS. The third kappa shape index (κ3) is 2.64. The molecule has 2 unspecified atom stereocenters. The summed E-state index contributed by atoms with van der Waals surface area (Å²) < 4.78 is 0.598. The highest BCUT2D eigenvalue weighted by Gasteiger charge is 2.20.